The lowest BCUT2D eigenvalue weighted by molar-refractivity contribution is -0.141. The summed E-state index contributed by atoms with van der Waals surface area (Å²) in [5.74, 6) is -0.156. The monoisotopic (exact) mass is 426 g/mol. The first kappa shape index (κ1) is 22.6. The molecule has 0 N–H and O–H groups in total. The fourth-order valence-corrected chi connectivity index (χ4v) is 3.50. The van der Waals surface area contributed by atoms with Gasteiger partial charge in [-0.1, -0.05) is 37.0 Å². The molecule has 1 saturated heterocycles. The quantitative estimate of drug-likeness (QED) is 0.603. The Balaban J connectivity index is 2.33. The molecule has 152 valence electrons. The van der Waals surface area contributed by atoms with E-state index in [0.717, 1.165) is 6.42 Å². The molecule has 2 unspecified atom stereocenters. The van der Waals surface area contributed by atoms with Crippen LogP contribution in [0.5, 0.6) is 11.5 Å². The zero-order valence-electron chi connectivity index (χ0n) is 16.6. The first-order valence-corrected chi connectivity index (χ1v) is 9.81. The molecular weight excluding hydrogens is 403 g/mol. The maximum absolute atomic E-state index is 9.63. The highest BCUT2D eigenvalue weighted by Crippen LogP contribution is 2.45. The summed E-state index contributed by atoms with van der Waals surface area (Å²) in [6, 6.07) is 3.98. The fourth-order valence-electron chi connectivity index (χ4n) is 3.04. The van der Waals surface area contributed by atoms with Crippen LogP contribution >= 0.6 is 23.2 Å². The molecule has 0 spiro atoms. The molecule has 0 bridgehead atoms. The Bertz CT molecular complexity index is 812. The zero-order valence-corrected chi connectivity index (χ0v) is 18.1. The van der Waals surface area contributed by atoms with Crippen molar-refractivity contribution in [1.29, 1.82) is 10.5 Å². The molecule has 0 amide bonds. The van der Waals surface area contributed by atoms with Gasteiger partial charge in [0, 0.05) is 0 Å². The fraction of sp³-hybridized carbons (Fsp3) is 0.600. The smallest absolute Gasteiger partial charge is 0.163 e. The number of rotatable bonds is 7. The van der Waals surface area contributed by atoms with Gasteiger partial charge in [-0.3, -0.25) is 0 Å². The molecule has 0 aromatic heterocycles. The molecule has 1 aromatic rings. The summed E-state index contributed by atoms with van der Waals surface area (Å²) in [6.07, 6.45) is 0.225. The van der Waals surface area contributed by atoms with E-state index in [-0.39, 0.29) is 51.5 Å². The molecule has 28 heavy (non-hydrogen) atoms. The van der Waals surface area contributed by atoms with Crippen LogP contribution in [0.4, 0.5) is 0 Å². The van der Waals surface area contributed by atoms with Crippen LogP contribution in [0.2, 0.25) is 10.0 Å². The largest absolute Gasteiger partial charge is 0.488 e. The summed E-state index contributed by atoms with van der Waals surface area (Å²) >= 11 is 12.8. The third kappa shape index (κ3) is 5.21. The van der Waals surface area contributed by atoms with E-state index in [1.807, 2.05) is 19.1 Å². The van der Waals surface area contributed by atoms with E-state index < -0.39 is 5.79 Å². The lowest BCUT2D eigenvalue weighted by Crippen LogP contribution is -2.25. The second-order valence-electron chi connectivity index (χ2n) is 7.58. The van der Waals surface area contributed by atoms with Gasteiger partial charge in [-0.25, -0.2) is 0 Å². The minimum Gasteiger partial charge on any atom is -0.488 e. The predicted octanol–water partition coefficient (Wildman–Crippen LogP) is 5.08. The summed E-state index contributed by atoms with van der Waals surface area (Å²) in [5, 5.41) is 19.3. The summed E-state index contributed by atoms with van der Waals surface area (Å²) in [5.41, 5.74) is -0.00625. The highest BCUT2D eigenvalue weighted by molar-refractivity contribution is 6.44. The summed E-state index contributed by atoms with van der Waals surface area (Å²) < 4.78 is 22.8. The summed E-state index contributed by atoms with van der Waals surface area (Å²) in [4.78, 5) is 0. The number of hydrogen-bond donors (Lipinski definition) is 0. The molecule has 0 aliphatic carbocycles. The standard InChI is InChI=1S/C20H24Cl2N2O4/c1-11(2)6-12(3)27-19-15(8-24)14(7-23)18(16(21)17(19)22)25-9-13-10-26-20(4,5)28-13/h11-13H,6,9-10H2,1-5H3. The third-order valence-corrected chi connectivity index (χ3v) is 4.94. The van der Waals surface area contributed by atoms with Gasteiger partial charge in [-0.15, -0.1) is 0 Å². The summed E-state index contributed by atoms with van der Waals surface area (Å²) in [6.45, 7) is 10.1. The number of ether oxygens (including phenoxy) is 4. The van der Waals surface area contributed by atoms with Crippen molar-refractivity contribution in [2.24, 2.45) is 5.92 Å². The van der Waals surface area contributed by atoms with Crippen molar-refractivity contribution in [3.8, 4) is 23.6 Å². The van der Waals surface area contributed by atoms with Gasteiger partial charge in [-0.2, -0.15) is 10.5 Å². The van der Waals surface area contributed by atoms with Crippen LogP contribution in [0.15, 0.2) is 0 Å². The van der Waals surface area contributed by atoms with Crippen LogP contribution in [-0.4, -0.2) is 31.2 Å². The van der Waals surface area contributed by atoms with Gasteiger partial charge in [0.15, 0.2) is 17.3 Å². The molecule has 2 atom stereocenters. The zero-order chi connectivity index (χ0) is 21.1. The number of halogens is 2. The maximum Gasteiger partial charge on any atom is 0.163 e. The lowest BCUT2D eigenvalue weighted by atomic mass is 10.1. The van der Waals surface area contributed by atoms with Crippen LogP contribution < -0.4 is 9.47 Å². The van der Waals surface area contributed by atoms with Crippen molar-refractivity contribution in [2.45, 2.75) is 59.0 Å². The topological polar surface area (TPSA) is 84.5 Å². The van der Waals surface area contributed by atoms with Gasteiger partial charge < -0.3 is 18.9 Å². The number of hydrogen-bond acceptors (Lipinski definition) is 6. The second-order valence-corrected chi connectivity index (χ2v) is 8.34. The molecule has 1 aliphatic rings. The van der Waals surface area contributed by atoms with Crippen molar-refractivity contribution >= 4 is 23.2 Å². The van der Waals surface area contributed by atoms with Crippen LogP contribution in [0.3, 0.4) is 0 Å². The van der Waals surface area contributed by atoms with E-state index in [1.165, 1.54) is 0 Å². The first-order chi connectivity index (χ1) is 13.1. The Kier molecular flexibility index (Phi) is 7.42. The van der Waals surface area contributed by atoms with Gasteiger partial charge in [0.05, 0.1) is 12.7 Å². The van der Waals surface area contributed by atoms with Crippen molar-refractivity contribution in [1.82, 2.24) is 0 Å². The van der Waals surface area contributed by atoms with Gasteiger partial charge in [0.2, 0.25) is 0 Å². The van der Waals surface area contributed by atoms with Gasteiger partial charge >= 0.3 is 0 Å². The van der Waals surface area contributed by atoms with E-state index in [9.17, 15) is 10.5 Å². The number of nitriles is 2. The normalized spacial score (nSPS) is 19.1. The Hall–Kier alpha value is -1.70. The Morgan fingerprint density at radius 1 is 1.11 bits per heavy atom. The predicted molar refractivity (Wildman–Crippen MR) is 106 cm³/mol. The Labute approximate surface area is 175 Å². The van der Waals surface area contributed by atoms with Gasteiger partial charge in [0.1, 0.15) is 46.0 Å². The molecule has 1 fully saturated rings. The molecule has 1 heterocycles. The van der Waals surface area contributed by atoms with Gasteiger partial charge in [0.25, 0.3) is 0 Å². The van der Waals surface area contributed by atoms with E-state index >= 15 is 0 Å². The van der Waals surface area contributed by atoms with Crippen LogP contribution in [-0.2, 0) is 9.47 Å². The average molecular weight is 427 g/mol. The molecule has 8 heteroatoms. The van der Waals surface area contributed by atoms with Crippen molar-refractivity contribution in [3.63, 3.8) is 0 Å². The summed E-state index contributed by atoms with van der Waals surface area (Å²) in [7, 11) is 0. The molecule has 0 radical (unpaired) electrons. The number of benzene rings is 1. The molecule has 0 saturated carbocycles. The average Bonchev–Trinajstić information content (AvgIpc) is 2.96. The highest BCUT2D eigenvalue weighted by Gasteiger charge is 2.34. The van der Waals surface area contributed by atoms with Gasteiger partial charge in [-0.05, 0) is 33.1 Å². The Morgan fingerprint density at radius 3 is 2.18 bits per heavy atom. The van der Waals surface area contributed by atoms with E-state index in [0.29, 0.717) is 12.5 Å². The van der Waals surface area contributed by atoms with E-state index in [1.54, 1.807) is 13.8 Å². The minimum absolute atomic E-state index is 0.00595. The second kappa shape index (κ2) is 9.20. The first-order valence-electron chi connectivity index (χ1n) is 9.06. The Morgan fingerprint density at radius 2 is 1.68 bits per heavy atom. The van der Waals surface area contributed by atoms with Crippen LogP contribution in [0.25, 0.3) is 0 Å². The van der Waals surface area contributed by atoms with Crippen molar-refractivity contribution in [2.75, 3.05) is 13.2 Å². The van der Waals surface area contributed by atoms with Crippen molar-refractivity contribution < 1.29 is 18.9 Å². The third-order valence-electron chi connectivity index (χ3n) is 4.12. The minimum atomic E-state index is -0.699. The molecular formula is C20H24Cl2N2O4. The van der Waals surface area contributed by atoms with Crippen molar-refractivity contribution in [3.05, 3.63) is 21.2 Å². The molecule has 2 rings (SSSR count). The van der Waals surface area contributed by atoms with E-state index in [2.05, 4.69) is 13.8 Å². The van der Waals surface area contributed by atoms with E-state index in [4.69, 9.17) is 42.1 Å². The lowest BCUT2D eigenvalue weighted by Gasteiger charge is -2.22. The maximum atomic E-state index is 9.63. The van der Waals surface area contributed by atoms with Crippen LogP contribution in [0, 0.1) is 28.6 Å². The molecule has 1 aliphatic heterocycles. The van der Waals surface area contributed by atoms with Crippen LogP contribution in [0.1, 0.15) is 52.2 Å². The SMILES string of the molecule is CC(C)CC(C)Oc1c(Cl)c(Cl)c(OCC2COC(C)(C)O2)c(C#N)c1C#N. The highest BCUT2D eigenvalue weighted by atomic mass is 35.5. The molecule has 1 aromatic carbocycles. The number of nitrogens with zero attached hydrogens (tertiary/aromatic N) is 2. The molecule has 6 nitrogen and oxygen atoms in total.